The van der Waals surface area contributed by atoms with Crippen LogP contribution in [0.25, 0.3) is 17.1 Å². The Balaban J connectivity index is 1.46. The van der Waals surface area contributed by atoms with Crippen molar-refractivity contribution in [3.05, 3.63) is 66.7 Å². The second kappa shape index (κ2) is 12.5. The highest BCUT2D eigenvalue weighted by atomic mass is 32.2. The zero-order chi connectivity index (χ0) is 28.1. The van der Waals surface area contributed by atoms with Gasteiger partial charge < -0.3 is 19.1 Å². The van der Waals surface area contributed by atoms with Crippen LogP contribution in [0.1, 0.15) is 20.3 Å². The van der Waals surface area contributed by atoms with Gasteiger partial charge in [0.1, 0.15) is 17.2 Å². The lowest BCUT2D eigenvalue weighted by atomic mass is 10.1. The van der Waals surface area contributed by atoms with E-state index in [1.54, 1.807) is 14.2 Å². The van der Waals surface area contributed by atoms with Crippen LogP contribution in [0.15, 0.2) is 60.9 Å². The monoisotopic (exact) mass is 565 g/mol. The Morgan fingerprint density at radius 2 is 1.65 bits per heavy atom. The van der Waals surface area contributed by atoms with E-state index in [0.717, 1.165) is 12.0 Å². The standard InChI is InChI=1S/C28H32FN7O3S/c1-18(2)39-21-13-22(17-35(16-21)27-30-14-20(29)15-31-27)40-34-28-33-32-26(19-9-6-5-7-10-19)36(28)25-23(37-3)11-8-12-24(25)38-4/h5-12,14-15,18,21-22H,13,16-17H2,1-4H3,(H,33,34). The summed E-state index contributed by atoms with van der Waals surface area (Å²) >= 11 is 1.52. The van der Waals surface area contributed by atoms with Gasteiger partial charge in [0.2, 0.25) is 11.9 Å². The minimum Gasteiger partial charge on any atom is -0.494 e. The molecule has 0 bridgehead atoms. The van der Waals surface area contributed by atoms with Crippen molar-refractivity contribution in [2.45, 2.75) is 37.7 Å². The number of anilines is 2. The van der Waals surface area contributed by atoms with E-state index >= 15 is 0 Å². The molecule has 12 heteroatoms. The van der Waals surface area contributed by atoms with Crippen molar-refractivity contribution in [2.75, 3.05) is 36.9 Å². The molecule has 1 saturated heterocycles. The third kappa shape index (κ3) is 6.13. The number of ether oxygens (including phenoxy) is 3. The van der Waals surface area contributed by atoms with Crippen molar-refractivity contribution in [3.63, 3.8) is 0 Å². The summed E-state index contributed by atoms with van der Waals surface area (Å²) in [6.07, 6.45) is 3.18. The molecule has 1 N–H and O–H groups in total. The molecule has 10 nitrogen and oxygen atoms in total. The van der Waals surface area contributed by atoms with Gasteiger partial charge in [-0.25, -0.2) is 14.4 Å². The molecular formula is C28H32FN7O3S. The average molecular weight is 566 g/mol. The second-order valence-electron chi connectivity index (χ2n) is 9.55. The van der Waals surface area contributed by atoms with E-state index in [1.807, 2.05) is 71.8 Å². The number of hydrogen-bond acceptors (Lipinski definition) is 10. The maximum atomic E-state index is 13.5. The summed E-state index contributed by atoms with van der Waals surface area (Å²) < 4.78 is 36.5. The fraction of sp³-hybridized carbons (Fsp3) is 0.357. The molecule has 1 aliphatic heterocycles. The molecule has 3 heterocycles. The molecule has 2 unspecified atom stereocenters. The Morgan fingerprint density at radius 3 is 2.30 bits per heavy atom. The van der Waals surface area contributed by atoms with Crippen LogP contribution in [0.2, 0.25) is 0 Å². The Morgan fingerprint density at radius 1 is 0.950 bits per heavy atom. The molecule has 0 radical (unpaired) electrons. The number of nitrogens with zero attached hydrogens (tertiary/aromatic N) is 6. The number of piperidine rings is 1. The van der Waals surface area contributed by atoms with Crippen LogP contribution in [-0.2, 0) is 4.74 Å². The molecule has 210 valence electrons. The summed E-state index contributed by atoms with van der Waals surface area (Å²) in [7, 11) is 3.24. The van der Waals surface area contributed by atoms with E-state index in [1.165, 1.54) is 24.3 Å². The van der Waals surface area contributed by atoms with Gasteiger partial charge in [0, 0.05) is 23.9 Å². The number of para-hydroxylation sites is 1. The van der Waals surface area contributed by atoms with Crippen molar-refractivity contribution >= 4 is 23.8 Å². The lowest BCUT2D eigenvalue weighted by Gasteiger charge is -2.37. The second-order valence-corrected chi connectivity index (χ2v) is 10.7. The molecule has 0 saturated carbocycles. The first-order valence-corrected chi connectivity index (χ1v) is 13.9. The molecule has 0 aliphatic carbocycles. The normalized spacial score (nSPS) is 17.2. The molecule has 2 atom stereocenters. The van der Waals surface area contributed by atoms with E-state index in [4.69, 9.17) is 14.2 Å². The minimum absolute atomic E-state index is 0.0474. The minimum atomic E-state index is -0.469. The third-order valence-electron chi connectivity index (χ3n) is 6.37. The van der Waals surface area contributed by atoms with Gasteiger partial charge in [0.05, 0.1) is 38.8 Å². The van der Waals surface area contributed by atoms with Crippen LogP contribution in [0.3, 0.4) is 0 Å². The van der Waals surface area contributed by atoms with E-state index in [2.05, 4.69) is 24.9 Å². The van der Waals surface area contributed by atoms with Crippen LogP contribution >= 0.6 is 11.9 Å². The van der Waals surface area contributed by atoms with Gasteiger partial charge in [-0.2, -0.15) is 0 Å². The van der Waals surface area contributed by atoms with Gasteiger partial charge in [0.25, 0.3) is 0 Å². The van der Waals surface area contributed by atoms with E-state index in [0.29, 0.717) is 48.0 Å². The van der Waals surface area contributed by atoms with Crippen LogP contribution in [0.4, 0.5) is 16.3 Å². The van der Waals surface area contributed by atoms with Gasteiger partial charge in [-0.1, -0.05) is 36.4 Å². The zero-order valence-electron chi connectivity index (χ0n) is 22.8. The Kier molecular flexibility index (Phi) is 8.66. The number of benzene rings is 2. The van der Waals surface area contributed by atoms with Crippen molar-refractivity contribution in [3.8, 4) is 28.6 Å². The fourth-order valence-corrected chi connectivity index (χ4v) is 5.70. The molecule has 0 amide bonds. The Hall–Kier alpha value is -3.90. The van der Waals surface area contributed by atoms with Crippen LogP contribution in [-0.4, -0.2) is 69.5 Å². The molecule has 40 heavy (non-hydrogen) atoms. The number of methoxy groups -OCH3 is 2. The summed E-state index contributed by atoms with van der Waals surface area (Å²) in [6, 6.07) is 15.5. The smallest absolute Gasteiger partial charge is 0.239 e. The number of nitrogens with one attached hydrogen (secondary N) is 1. The molecule has 1 fully saturated rings. The summed E-state index contributed by atoms with van der Waals surface area (Å²) in [6.45, 7) is 5.29. The SMILES string of the molecule is COc1cccc(OC)c1-n1c(NSC2CC(OC(C)C)CN(c3ncc(F)cn3)C2)nnc1-c1ccccc1. The van der Waals surface area contributed by atoms with Crippen molar-refractivity contribution in [2.24, 2.45) is 0 Å². The molecule has 1 aliphatic rings. The quantitative estimate of drug-likeness (QED) is 0.264. The van der Waals surface area contributed by atoms with Crippen molar-refractivity contribution in [1.82, 2.24) is 24.7 Å². The zero-order valence-corrected chi connectivity index (χ0v) is 23.6. The summed E-state index contributed by atoms with van der Waals surface area (Å²) in [5.74, 6) is 2.39. The van der Waals surface area contributed by atoms with Gasteiger partial charge in [0.15, 0.2) is 11.6 Å². The highest BCUT2D eigenvalue weighted by molar-refractivity contribution is 8.01. The largest absolute Gasteiger partial charge is 0.494 e. The van der Waals surface area contributed by atoms with Crippen LogP contribution in [0, 0.1) is 5.82 Å². The van der Waals surface area contributed by atoms with E-state index < -0.39 is 5.82 Å². The van der Waals surface area contributed by atoms with Crippen molar-refractivity contribution < 1.29 is 18.6 Å². The van der Waals surface area contributed by atoms with Crippen molar-refractivity contribution in [1.29, 1.82) is 0 Å². The van der Waals surface area contributed by atoms with Gasteiger partial charge >= 0.3 is 0 Å². The Labute approximate surface area is 237 Å². The fourth-order valence-electron chi connectivity index (χ4n) is 4.73. The number of halogens is 1. The summed E-state index contributed by atoms with van der Waals surface area (Å²) in [5.41, 5.74) is 1.58. The molecule has 2 aromatic carbocycles. The van der Waals surface area contributed by atoms with E-state index in [-0.39, 0.29) is 17.5 Å². The highest BCUT2D eigenvalue weighted by Crippen LogP contribution is 2.38. The number of aromatic nitrogens is 5. The first-order valence-electron chi connectivity index (χ1n) is 13.0. The highest BCUT2D eigenvalue weighted by Gasteiger charge is 2.31. The summed E-state index contributed by atoms with van der Waals surface area (Å²) in [5, 5.41) is 9.13. The predicted octanol–water partition coefficient (Wildman–Crippen LogP) is 5.01. The van der Waals surface area contributed by atoms with Gasteiger partial charge in [-0.05, 0) is 44.3 Å². The first-order chi connectivity index (χ1) is 19.5. The maximum absolute atomic E-state index is 13.5. The van der Waals surface area contributed by atoms with Crippen LogP contribution in [0.5, 0.6) is 11.5 Å². The first kappa shape index (κ1) is 27.7. The number of rotatable bonds is 10. The van der Waals surface area contributed by atoms with Crippen LogP contribution < -0.4 is 19.1 Å². The molecule has 4 aromatic rings. The molecule has 0 spiro atoms. The molecular weight excluding hydrogens is 533 g/mol. The lowest BCUT2D eigenvalue weighted by molar-refractivity contribution is 0.00197. The number of hydrogen-bond donors (Lipinski definition) is 1. The predicted molar refractivity (Wildman–Crippen MR) is 154 cm³/mol. The average Bonchev–Trinajstić information content (AvgIpc) is 3.39. The van der Waals surface area contributed by atoms with Gasteiger partial charge in [-0.15, -0.1) is 10.2 Å². The topological polar surface area (TPSA) is 99.5 Å². The summed E-state index contributed by atoms with van der Waals surface area (Å²) in [4.78, 5) is 10.4. The molecule has 2 aromatic heterocycles. The molecule has 5 rings (SSSR count). The lowest BCUT2D eigenvalue weighted by Crippen LogP contribution is -2.47. The van der Waals surface area contributed by atoms with E-state index in [9.17, 15) is 4.39 Å². The maximum Gasteiger partial charge on any atom is 0.239 e. The Bertz CT molecular complexity index is 1380. The third-order valence-corrected chi connectivity index (χ3v) is 7.34. The van der Waals surface area contributed by atoms with Gasteiger partial charge in [-0.3, -0.25) is 9.29 Å².